The van der Waals surface area contributed by atoms with Gasteiger partial charge in [0.15, 0.2) is 0 Å². The molecule has 0 fully saturated rings. The van der Waals surface area contributed by atoms with Gasteiger partial charge in [-0.2, -0.15) is 0 Å². The van der Waals surface area contributed by atoms with Gasteiger partial charge in [0.25, 0.3) is 11.8 Å². The Labute approximate surface area is 212 Å². The lowest BCUT2D eigenvalue weighted by molar-refractivity contribution is 0.0586. The van der Waals surface area contributed by atoms with Gasteiger partial charge in [-0.3, -0.25) is 9.59 Å². The summed E-state index contributed by atoms with van der Waals surface area (Å²) < 4.78 is 6.28. The highest BCUT2D eigenvalue weighted by atomic mass is 35.5. The van der Waals surface area contributed by atoms with Crippen molar-refractivity contribution in [3.63, 3.8) is 0 Å². The molecule has 0 radical (unpaired) electrons. The molecule has 3 aromatic carbocycles. The summed E-state index contributed by atoms with van der Waals surface area (Å²) in [4.78, 5) is 30.7. The monoisotopic (exact) mass is 490 g/mol. The molecular weight excluding hydrogens is 460 g/mol. The molecule has 182 valence electrons. The SMILES string of the molecule is CCN1CCCCN(C(=O)c2ccc(Cl)cc2)[C@H](Cc2ccccc2)COc2ccccc2C1=O. The average Bonchev–Trinajstić information content (AvgIpc) is 2.89. The van der Waals surface area contributed by atoms with E-state index in [0.29, 0.717) is 48.0 Å². The van der Waals surface area contributed by atoms with Crippen LogP contribution in [0.2, 0.25) is 5.02 Å². The standard InChI is InChI=1S/C29H31ClN2O3/c1-2-31-18-8-9-19-32(28(33)23-14-16-24(30)17-15-23)25(20-22-10-4-3-5-11-22)21-35-27-13-7-6-12-26(27)29(31)34/h3-7,10-17,25H,2,8-9,18-21H2,1H3/t25-/m1/s1. The second-order valence-corrected chi connectivity index (χ2v) is 9.18. The van der Waals surface area contributed by atoms with Crippen LogP contribution in [-0.4, -0.2) is 53.9 Å². The summed E-state index contributed by atoms with van der Waals surface area (Å²) in [6, 6.07) is 24.3. The summed E-state index contributed by atoms with van der Waals surface area (Å²) >= 11 is 6.07. The van der Waals surface area contributed by atoms with Crippen molar-refractivity contribution in [3.8, 4) is 5.75 Å². The van der Waals surface area contributed by atoms with Crippen LogP contribution in [0.3, 0.4) is 0 Å². The predicted molar refractivity (Wildman–Crippen MR) is 139 cm³/mol. The van der Waals surface area contributed by atoms with E-state index in [1.54, 1.807) is 24.3 Å². The van der Waals surface area contributed by atoms with Gasteiger partial charge in [0.1, 0.15) is 12.4 Å². The molecule has 35 heavy (non-hydrogen) atoms. The fourth-order valence-corrected chi connectivity index (χ4v) is 4.59. The van der Waals surface area contributed by atoms with Crippen LogP contribution >= 0.6 is 11.6 Å². The molecule has 4 rings (SSSR count). The number of amides is 2. The van der Waals surface area contributed by atoms with Crippen LogP contribution in [0.15, 0.2) is 78.9 Å². The third-order valence-electron chi connectivity index (χ3n) is 6.40. The van der Waals surface area contributed by atoms with Crippen molar-refractivity contribution in [3.05, 3.63) is 101 Å². The van der Waals surface area contributed by atoms with Crippen molar-refractivity contribution >= 4 is 23.4 Å². The molecule has 0 unspecified atom stereocenters. The van der Waals surface area contributed by atoms with E-state index in [0.717, 1.165) is 18.4 Å². The number of hydrogen-bond acceptors (Lipinski definition) is 3. The fraction of sp³-hybridized carbons (Fsp3) is 0.310. The third-order valence-corrected chi connectivity index (χ3v) is 6.65. The Morgan fingerprint density at radius 3 is 2.37 bits per heavy atom. The molecule has 0 bridgehead atoms. The number of benzene rings is 3. The minimum Gasteiger partial charge on any atom is -0.491 e. The van der Waals surface area contributed by atoms with Gasteiger partial charge in [0.2, 0.25) is 0 Å². The highest BCUT2D eigenvalue weighted by molar-refractivity contribution is 6.30. The molecule has 1 aliphatic heterocycles. The minimum absolute atomic E-state index is 0.0163. The summed E-state index contributed by atoms with van der Waals surface area (Å²) in [5.41, 5.74) is 2.29. The minimum atomic E-state index is -0.203. The van der Waals surface area contributed by atoms with Gasteiger partial charge in [0, 0.05) is 30.2 Å². The van der Waals surface area contributed by atoms with Gasteiger partial charge in [-0.1, -0.05) is 54.1 Å². The molecule has 0 aliphatic carbocycles. The van der Waals surface area contributed by atoms with E-state index in [4.69, 9.17) is 16.3 Å². The summed E-state index contributed by atoms with van der Waals surface area (Å²) in [5.74, 6) is 0.492. The fourth-order valence-electron chi connectivity index (χ4n) is 4.47. The lowest BCUT2D eigenvalue weighted by Gasteiger charge is -2.33. The lowest BCUT2D eigenvalue weighted by atomic mass is 10.0. The number of rotatable bonds is 4. The van der Waals surface area contributed by atoms with Crippen molar-refractivity contribution in [2.24, 2.45) is 0 Å². The number of hydrogen-bond donors (Lipinski definition) is 0. The molecule has 5 nitrogen and oxygen atoms in total. The van der Waals surface area contributed by atoms with Crippen LogP contribution < -0.4 is 4.74 Å². The number of nitrogens with zero attached hydrogens (tertiary/aromatic N) is 2. The van der Waals surface area contributed by atoms with Crippen LogP contribution in [0.5, 0.6) is 5.75 Å². The predicted octanol–water partition coefficient (Wildman–Crippen LogP) is 5.73. The maximum atomic E-state index is 13.7. The molecule has 0 aromatic heterocycles. The quantitative estimate of drug-likeness (QED) is 0.469. The van der Waals surface area contributed by atoms with Crippen LogP contribution in [0.25, 0.3) is 0 Å². The Kier molecular flexibility index (Phi) is 8.43. The first-order valence-corrected chi connectivity index (χ1v) is 12.6. The van der Waals surface area contributed by atoms with Gasteiger partial charge in [-0.05, 0) is 68.1 Å². The molecule has 0 saturated carbocycles. The number of halogens is 1. The Bertz CT molecular complexity index is 1130. The lowest BCUT2D eigenvalue weighted by Crippen LogP contribution is -2.46. The molecule has 0 N–H and O–H groups in total. The van der Waals surface area contributed by atoms with Gasteiger partial charge in [-0.15, -0.1) is 0 Å². The van der Waals surface area contributed by atoms with E-state index >= 15 is 0 Å². The third kappa shape index (κ3) is 6.23. The molecule has 0 spiro atoms. The Hall–Kier alpha value is -3.31. The van der Waals surface area contributed by atoms with Crippen molar-refractivity contribution in [1.29, 1.82) is 0 Å². The van der Waals surface area contributed by atoms with Crippen LogP contribution in [0.4, 0.5) is 0 Å². The van der Waals surface area contributed by atoms with Gasteiger partial charge in [-0.25, -0.2) is 0 Å². The number of carbonyl (C=O) groups excluding carboxylic acids is 2. The Morgan fingerprint density at radius 2 is 1.63 bits per heavy atom. The topological polar surface area (TPSA) is 49.9 Å². The second-order valence-electron chi connectivity index (χ2n) is 8.75. The number of para-hydroxylation sites is 1. The zero-order valence-electron chi connectivity index (χ0n) is 20.0. The van der Waals surface area contributed by atoms with E-state index in [1.165, 1.54) is 0 Å². The molecule has 1 aliphatic rings. The smallest absolute Gasteiger partial charge is 0.257 e. The highest BCUT2D eigenvalue weighted by Crippen LogP contribution is 2.24. The molecule has 6 heteroatoms. The molecule has 1 atom stereocenters. The Balaban J connectivity index is 1.69. The first-order valence-electron chi connectivity index (χ1n) is 12.2. The van der Waals surface area contributed by atoms with Crippen LogP contribution in [0, 0.1) is 0 Å². The number of carbonyl (C=O) groups is 2. The van der Waals surface area contributed by atoms with E-state index in [9.17, 15) is 9.59 Å². The zero-order chi connectivity index (χ0) is 24.6. The van der Waals surface area contributed by atoms with Gasteiger partial charge >= 0.3 is 0 Å². The van der Waals surface area contributed by atoms with E-state index in [1.807, 2.05) is 59.2 Å². The first kappa shape index (κ1) is 24.8. The van der Waals surface area contributed by atoms with E-state index in [2.05, 4.69) is 12.1 Å². The molecule has 1 heterocycles. The molecular formula is C29H31ClN2O3. The summed E-state index contributed by atoms with van der Waals surface area (Å²) in [6.07, 6.45) is 2.25. The maximum Gasteiger partial charge on any atom is 0.257 e. The van der Waals surface area contributed by atoms with Crippen molar-refractivity contribution in [2.45, 2.75) is 32.2 Å². The van der Waals surface area contributed by atoms with E-state index < -0.39 is 0 Å². The second kappa shape index (κ2) is 11.9. The van der Waals surface area contributed by atoms with Crippen molar-refractivity contribution in [1.82, 2.24) is 9.80 Å². The summed E-state index contributed by atoms with van der Waals surface area (Å²) in [7, 11) is 0. The van der Waals surface area contributed by atoms with Crippen LogP contribution in [-0.2, 0) is 6.42 Å². The number of fused-ring (bicyclic) bond motifs is 1. The number of ether oxygens (including phenoxy) is 1. The normalized spacial score (nSPS) is 17.1. The Morgan fingerprint density at radius 1 is 0.943 bits per heavy atom. The first-order chi connectivity index (χ1) is 17.1. The van der Waals surface area contributed by atoms with Crippen LogP contribution in [0.1, 0.15) is 46.0 Å². The average molecular weight is 491 g/mol. The van der Waals surface area contributed by atoms with E-state index in [-0.39, 0.29) is 24.5 Å². The van der Waals surface area contributed by atoms with Gasteiger partial charge in [0.05, 0.1) is 11.6 Å². The zero-order valence-corrected chi connectivity index (χ0v) is 20.8. The molecule has 3 aromatic rings. The van der Waals surface area contributed by atoms with Crippen molar-refractivity contribution < 1.29 is 14.3 Å². The van der Waals surface area contributed by atoms with Gasteiger partial charge < -0.3 is 14.5 Å². The largest absolute Gasteiger partial charge is 0.491 e. The van der Waals surface area contributed by atoms with Crippen molar-refractivity contribution in [2.75, 3.05) is 26.2 Å². The summed E-state index contributed by atoms with van der Waals surface area (Å²) in [5, 5.41) is 0.598. The maximum absolute atomic E-state index is 13.7. The highest BCUT2D eigenvalue weighted by Gasteiger charge is 2.27. The molecule has 0 saturated heterocycles. The molecule has 2 amide bonds. The summed E-state index contributed by atoms with van der Waals surface area (Å²) in [6.45, 7) is 4.10.